The number of hydrogen-bond acceptors (Lipinski definition) is 2. The minimum absolute atomic E-state index is 0.0634. The Morgan fingerprint density at radius 1 is 1.44 bits per heavy atom. The lowest BCUT2D eigenvalue weighted by molar-refractivity contribution is -0.136. The highest BCUT2D eigenvalue weighted by Crippen LogP contribution is 2.27. The molecule has 1 aromatic heterocycles. The van der Waals surface area contributed by atoms with Gasteiger partial charge in [-0.2, -0.15) is 0 Å². The lowest BCUT2D eigenvalue weighted by Crippen LogP contribution is -2.37. The average Bonchev–Trinajstić information content (AvgIpc) is 2.76. The van der Waals surface area contributed by atoms with Gasteiger partial charge in [-0.1, -0.05) is 18.2 Å². The van der Waals surface area contributed by atoms with Crippen LogP contribution in [0.3, 0.4) is 0 Å². The summed E-state index contributed by atoms with van der Waals surface area (Å²) in [7, 11) is 1.55. The molecule has 3 rings (SSSR count). The van der Waals surface area contributed by atoms with E-state index in [9.17, 15) is 4.79 Å². The maximum Gasteiger partial charge on any atom is 0.248 e. The summed E-state index contributed by atoms with van der Waals surface area (Å²) in [5.74, 6) is 0.0634. The molecule has 1 aromatic carbocycles. The first-order valence-corrected chi connectivity index (χ1v) is 6.15. The van der Waals surface area contributed by atoms with E-state index in [0.717, 1.165) is 18.5 Å². The second-order valence-electron chi connectivity index (χ2n) is 4.63. The van der Waals surface area contributed by atoms with Crippen LogP contribution in [-0.2, 0) is 22.5 Å². The van der Waals surface area contributed by atoms with E-state index in [4.69, 9.17) is 4.74 Å². The monoisotopic (exact) mass is 244 g/mol. The number of nitrogens with zero attached hydrogens (tertiary/aromatic N) is 1. The Hall–Kier alpha value is -1.81. The standard InChI is InChI=1S/C14H16N2O2/c1-18-9-14(17)16-7-6-13-11(8-16)10-4-2-3-5-12(10)15-13/h2-5,15H,6-9H2,1H3. The van der Waals surface area contributed by atoms with Crippen molar-refractivity contribution in [3.8, 4) is 0 Å². The third-order valence-corrected chi connectivity index (χ3v) is 3.50. The predicted octanol–water partition coefficient (Wildman–Crippen LogP) is 1.70. The van der Waals surface area contributed by atoms with Gasteiger partial charge in [0.1, 0.15) is 6.61 Å². The number of nitrogens with one attached hydrogen (secondary N) is 1. The lowest BCUT2D eigenvalue weighted by Gasteiger charge is -2.27. The van der Waals surface area contributed by atoms with E-state index in [1.165, 1.54) is 16.6 Å². The van der Waals surface area contributed by atoms with Crippen molar-refractivity contribution in [2.45, 2.75) is 13.0 Å². The number of hydrogen-bond donors (Lipinski definition) is 1. The normalized spacial score (nSPS) is 14.8. The zero-order chi connectivity index (χ0) is 12.5. The van der Waals surface area contributed by atoms with E-state index < -0.39 is 0 Å². The molecular formula is C14H16N2O2. The van der Waals surface area contributed by atoms with Crippen LogP contribution >= 0.6 is 0 Å². The number of methoxy groups -OCH3 is 1. The summed E-state index contributed by atoms with van der Waals surface area (Å²) in [5, 5.41) is 1.22. The molecule has 4 nitrogen and oxygen atoms in total. The summed E-state index contributed by atoms with van der Waals surface area (Å²) in [6.45, 7) is 1.61. The van der Waals surface area contributed by atoms with Crippen molar-refractivity contribution in [2.75, 3.05) is 20.3 Å². The number of carbonyl (C=O) groups is 1. The summed E-state index contributed by atoms with van der Waals surface area (Å²) < 4.78 is 4.91. The first-order valence-electron chi connectivity index (χ1n) is 6.15. The van der Waals surface area contributed by atoms with Gasteiger partial charge in [-0.25, -0.2) is 0 Å². The van der Waals surface area contributed by atoms with Crippen LogP contribution in [0.1, 0.15) is 11.3 Å². The van der Waals surface area contributed by atoms with Crippen LogP contribution in [0.5, 0.6) is 0 Å². The van der Waals surface area contributed by atoms with Crippen molar-refractivity contribution in [3.63, 3.8) is 0 Å². The van der Waals surface area contributed by atoms with Crippen LogP contribution in [0.4, 0.5) is 0 Å². The molecule has 18 heavy (non-hydrogen) atoms. The van der Waals surface area contributed by atoms with Crippen LogP contribution in [0, 0.1) is 0 Å². The zero-order valence-electron chi connectivity index (χ0n) is 10.4. The third-order valence-electron chi connectivity index (χ3n) is 3.50. The molecule has 1 N–H and O–H groups in total. The number of benzene rings is 1. The van der Waals surface area contributed by atoms with Gasteiger partial charge < -0.3 is 14.6 Å². The van der Waals surface area contributed by atoms with Crippen LogP contribution in [0.15, 0.2) is 24.3 Å². The highest BCUT2D eigenvalue weighted by Gasteiger charge is 2.23. The second kappa shape index (κ2) is 4.46. The number of aromatic amines is 1. The number of amides is 1. The number of H-pyrrole nitrogens is 1. The maximum atomic E-state index is 11.9. The number of para-hydroxylation sites is 1. The minimum atomic E-state index is 0.0634. The number of rotatable bonds is 2. The molecular weight excluding hydrogens is 228 g/mol. The van der Waals surface area contributed by atoms with Gasteiger partial charge >= 0.3 is 0 Å². The molecule has 0 spiro atoms. The molecule has 0 saturated heterocycles. The number of ether oxygens (including phenoxy) is 1. The molecule has 0 bridgehead atoms. The second-order valence-corrected chi connectivity index (χ2v) is 4.63. The number of carbonyl (C=O) groups excluding carboxylic acids is 1. The summed E-state index contributed by atoms with van der Waals surface area (Å²) in [6, 6.07) is 8.24. The first-order chi connectivity index (χ1) is 8.79. The van der Waals surface area contributed by atoms with Crippen molar-refractivity contribution in [1.82, 2.24) is 9.88 Å². The van der Waals surface area contributed by atoms with E-state index in [2.05, 4.69) is 17.1 Å². The van der Waals surface area contributed by atoms with Gasteiger partial charge in [0.25, 0.3) is 0 Å². The van der Waals surface area contributed by atoms with Crippen LogP contribution in [0.2, 0.25) is 0 Å². The van der Waals surface area contributed by atoms with E-state index in [0.29, 0.717) is 6.54 Å². The smallest absolute Gasteiger partial charge is 0.248 e. The molecule has 2 aromatic rings. The molecule has 0 unspecified atom stereocenters. The van der Waals surface area contributed by atoms with Crippen molar-refractivity contribution in [3.05, 3.63) is 35.5 Å². The van der Waals surface area contributed by atoms with Gasteiger partial charge in [0.05, 0.1) is 0 Å². The van der Waals surface area contributed by atoms with Crippen molar-refractivity contribution in [2.24, 2.45) is 0 Å². The van der Waals surface area contributed by atoms with E-state index in [1.807, 2.05) is 17.0 Å². The summed E-state index contributed by atoms with van der Waals surface area (Å²) in [5.41, 5.74) is 3.67. The summed E-state index contributed by atoms with van der Waals surface area (Å²) in [4.78, 5) is 17.2. The zero-order valence-corrected chi connectivity index (χ0v) is 10.4. The third kappa shape index (κ3) is 1.78. The number of fused-ring (bicyclic) bond motifs is 3. The minimum Gasteiger partial charge on any atom is -0.375 e. The predicted molar refractivity (Wildman–Crippen MR) is 69.3 cm³/mol. The largest absolute Gasteiger partial charge is 0.375 e. The fraction of sp³-hybridized carbons (Fsp3) is 0.357. The van der Waals surface area contributed by atoms with Crippen molar-refractivity contribution >= 4 is 16.8 Å². The van der Waals surface area contributed by atoms with Gasteiger partial charge in [-0.3, -0.25) is 4.79 Å². The SMILES string of the molecule is COCC(=O)N1CCc2[nH]c3ccccc3c2C1. The quantitative estimate of drug-likeness (QED) is 0.874. The number of aromatic nitrogens is 1. The molecule has 4 heteroatoms. The van der Waals surface area contributed by atoms with Crippen LogP contribution in [0.25, 0.3) is 10.9 Å². The van der Waals surface area contributed by atoms with E-state index in [-0.39, 0.29) is 12.5 Å². The highest BCUT2D eigenvalue weighted by molar-refractivity contribution is 5.86. The first kappa shape index (κ1) is 11.3. The van der Waals surface area contributed by atoms with Crippen LogP contribution < -0.4 is 0 Å². The molecule has 0 aliphatic carbocycles. The molecule has 0 saturated carbocycles. The van der Waals surface area contributed by atoms with E-state index in [1.54, 1.807) is 7.11 Å². The molecule has 94 valence electrons. The Morgan fingerprint density at radius 2 is 2.28 bits per heavy atom. The molecule has 0 atom stereocenters. The van der Waals surface area contributed by atoms with Gasteiger partial charge in [-0.05, 0) is 6.07 Å². The molecule has 0 fully saturated rings. The fourth-order valence-electron chi connectivity index (χ4n) is 2.59. The molecule has 1 aliphatic heterocycles. The van der Waals surface area contributed by atoms with Crippen molar-refractivity contribution in [1.29, 1.82) is 0 Å². The highest BCUT2D eigenvalue weighted by atomic mass is 16.5. The Balaban J connectivity index is 1.94. The van der Waals surface area contributed by atoms with Crippen molar-refractivity contribution < 1.29 is 9.53 Å². The van der Waals surface area contributed by atoms with Crippen LogP contribution in [-0.4, -0.2) is 36.1 Å². The topological polar surface area (TPSA) is 45.3 Å². The molecule has 0 radical (unpaired) electrons. The maximum absolute atomic E-state index is 11.9. The molecule has 1 amide bonds. The van der Waals surface area contributed by atoms with Gasteiger partial charge in [0, 0.05) is 48.8 Å². The van der Waals surface area contributed by atoms with E-state index >= 15 is 0 Å². The van der Waals surface area contributed by atoms with Gasteiger partial charge in [0.2, 0.25) is 5.91 Å². The van der Waals surface area contributed by atoms with Gasteiger partial charge in [0.15, 0.2) is 0 Å². The summed E-state index contributed by atoms with van der Waals surface area (Å²) in [6.07, 6.45) is 0.888. The Labute approximate surface area is 106 Å². The average molecular weight is 244 g/mol. The lowest BCUT2D eigenvalue weighted by atomic mass is 10.0. The molecule has 1 aliphatic rings. The molecule has 2 heterocycles. The summed E-state index contributed by atoms with van der Waals surface area (Å²) >= 11 is 0. The Bertz CT molecular complexity index is 588. The van der Waals surface area contributed by atoms with Gasteiger partial charge in [-0.15, -0.1) is 0 Å². The Morgan fingerprint density at radius 3 is 3.11 bits per heavy atom. The Kier molecular flexibility index (Phi) is 2.80. The fourth-order valence-corrected chi connectivity index (χ4v) is 2.59.